The highest BCUT2D eigenvalue weighted by molar-refractivity contribution is 7.89. The summed E-state index contributed by atoms with van der Waals surface area (Å²) in [7, 11) is -3.55. The van der Waals surface area contributed by atoms with Crippen LogP contribution in [0.15, 0.2) is 29.2 Å². The molecule has 116 valence electrons. The van der Waals surface area contributed by atoms with E-state index in [-0.39, 0.29) is 10.9 Å². The Morgan fingerprint density at radius 2 is 2.05 bits per heavy atom. The van der Waals surface area contributed by atoms with E-state index in [9.17, 15) is 13.2 Å². The van der Waals surface area contributed by atoms with E-state index in [1.165, 1.54) is 24.3 Å². The van der Waals surface area contributed by atoms with E-state index in [0.717, 1.165) is 19.4 Å². The van der Waals surface area contributed by atoms with Crippen molar-refractivity contribution in [2.24, 2.45) is 5.73 Å². The van der Waals surface area contributed by atoms with E-state index >= 15 is 0 Å². The van der Waals surface area contributed by atoms with Gasteiger partial charge in [-0.05, 0) is 43.7 Å². The monoisotopic (exact) mass is 311 g/mol. The SMILES string of the molecule is CCCN(C1CCNC1)S(=O)(=O)c1ccc(C(N)=O)cc1. The number of nitrogens with one attached hydrogen (secondary N) is 1. The number of amides is 1. The van der Waals surface area contributed by atoms with Gasteiger partial charge in [0.2, 0.25) is 15.9 Å². The summed E-state index contributed by atoms with van der Waals surface area (Å²) in [4.78, 5) is 11.3. The summed E-state index contributed by atoms with van der Waals surface area (Å²) in [5.74, 6) is -0.565. The number of benzene rings is 1. The second kappa shape index (κ2) is 6.55. The minimum absolute atomic E-state index is 0.00855. The Labute approximate surface area is 125 Å². The average molecular weight is 311 g/mol. The molecule has 1 aliphatic rings. The fourth-order valence-electron chi connectivity index (χ4n) is 2.53. The summed E-state index contributed by atoms with van der Waals surface area (Å²) < 4.78 is 27.1. The second-order valence-electron chi connectivity index (χ2n) is 5.15. The van der Waals surface area contributed by atoms with Gasteiger partial charge in [-0.1, -0.05) is 6.92 Å². The molecule has 1 saturated heterocycles. The molecule has 1 fully saturated rings. The number of carbonyl (C=O) groups is 1. The first-order valence-corrected chi connectivity index (χ1v) is 8.53. The number of rotatable bonds is 6. The van der Waals surface area contributed by atoms with Crippen LogP contribution in [0.4, 0.5) is 0 Å². The highest BCUT2D eigenvalue weighted by Crippen LogP contribution is 2.22. The molecule has 6 nitrogen and oxygen atoms in total. The molecule has 0 spiro atoms. The van der Waals surface area contributed by atoms with Crippen molar-refractivity contribution in [1.82, 2.24) is 9.62 Å². The minimum atomic E-state index is -3.55. The van der Waals surface area contributed by atoms with Gasteiger partial charge in [0.25, 0.3) is 0 Å². The van der Waals surface area contributed by atoms with Crippen LogP contribution in [0.1, 0.15) is 30.1 Å². The Hall–Kier alpha value is -1.44. The van der Waals surface area contributed by atoms with Crippen LogP contribution in [-0.4, -0.2) is 44.3 Å². The summed E-state index contributed by atoms with van der Waals surface area (Å²) in [6.45, 7) is 3.97. The normalized spacial score (nSPS) is 19.0. The van der Waals surface area contributed by atoms with Crippen LogP contribution in [0, 0.1) is 0 Å². The predicted octanol–water partition coefficient (Wildman–Crippen LogP) is 0.548. The summed E-state index contributed by atoms with van der Waals surface area (Å²) in [6, 6.07) is 5.78. The molecule has 1 aromatic carbocycles. The molecule has 0 bridgehead atoms. The van der Waals surface area contributed by atoms with Gasteiger partial charge in [0.15, 0.2) is 0 Å². The Kier molecular flexibility index (Phi) is 4.97. The van der Waals surface area contributed by atoms with Crippen molar-refractivity contribution < 1.29 is 13.2 Å². The molecule has 1 atom stereocenters. The summed E-state index contributed by atoms with van der Waals surface area (Å²) in [5.41, 5.74) is 5.48. The zero-order valence-corrected chi connectivity index (χ0v) is 12.9. The molecule has 0 radical (unpaired) electrons. The van der Waals surface area contributed by atoms with Crippen LogP contribution >= 0.6 is 0 Å². The van der Waals surface area contributed by atoms with E-state index in [1.807, 2.05) is 6.92 Å². The maximum atomic E-state index is 12.8. The fraction of sp³-hybridized carbons (Fsp3) is 0.500. The molecule has 0 saturated carbocycles. The van der Waals surface area contributed by atoms with E-state index in [4.69, 9.17) is 5.73 Å². The molecule has 1 aromatic rings. The van der Waals surface area contributed by atoms with Crippen LogP contribution in [0.2, 0.25) is 0 Å². The minimum Gasteiger partial charge on any atom is -0.366 e. The van der Waals surface area contributed by atoms with Crippen LogP contribution < -0.4 is 11.1 Å². The molecule has 1 amide bonds. The van der Waals surface area contributed by atoms with E-state index < -0.39 is 15.9 Å². The highest BCUT2D eigenvalue weighted by atomic mass is 32.2. The standard InChI is InChI=1S/C14H21N3O3S/c1-2-9-17(12-7-8-16-10-12)21(19,20)13-5-3-11(4-6-13)14(15)18/h3-6,12,16H,2,7-10H2,1H3,(H2,15,18). The summed E-state index contributed by atoms with van der Waals surface area (Å²) >= 11 is 0. The smallest absolute Gasteiger partial charge is 0.248 e. The van der Waals surface area contributed by atoms with Crippen molar-refractivity contribution in [2.45, 2.75) is 30.7 Å². The first-order chi connectivity index (χ1) is 9.96. The Morgan fingerprint density at radius 1 is 1.38 bits per heavy atom. The lowest BCUT2D eigenvalue weighted by molar-refractivity contribution is 0.1000. The lowest BCUT2D eigenvalue weighted by atomic mass is 10.2. The van der Waals surface area contributed by atoms with Crippen LogP contribution in [0.25, 0.3) is 0 Å². The molecule has 3 N–H and O–H groups in total. The van der Waals surface area contributed by atoms with Gasteiger partial charge in [0, 0.05) is 24.7 Å². The molecule has 0 aromatic heterocycles. The fourth-order valence-corrected chi connectivity index (χ4v) is 4.28. The summed E-state index contributed by atoms with van der Waals surface area (Å²) in [5, 5.41) is 3.19. The molecular formula is C14H21N3O3S. The van der Waals surface area contributed by atoms with Crippen LogP contribution in [0.5, 0.6) is 0 Å². The van der Waals surface area contributed by atoms with E-state index in [2.05, 4.69) is 5.32 Å². The van der Waals surface area contributed by atoms with Crippen molar-refractivity contribution in [3.8, 4) is 0 Å². The number of nitrogens with zero attached hydrogens (tertiary/aromatic N) is 1. The Morgan fingerprint density at radius 3 is 2.52 bits per heavy atom. The van der Waals surface area contributed by atoms with Crippen LogP contribution in [0.3, 0.4) is 0 Å². The van der Waals surface area contributed by atoms with Crippen molar-refractivity contribution in [2.75, 3.05) is 19.6 Å². The lowest BCUT2D eigenvalue weighted by Gasteiger charge is -2.27. The number of hydrogen-bond donors (Lipinski definition) is 2. The molecule has 1 unspecified atom stereocenters. The van der Waals surface area contributed by atoms with Crippen molar-refractivity contribution in [3.63, 3.8) is 0 Å². The first kappa shape index (κ1) is 15.9. The van der Waals surface area contributed by atoms with Crippen LogP contribution in [-0.2, 0) is 10.0 Å². The van der Waals surface area contributed by atoms with Crippen molar-refractivity contribution in [3.05, 3.63) is 29.8 Å². The van der Waals surface area contributed by atoms with Gasteiger partial charge < -0.3 is 11.1 Å². The van der Waals surface area contributed by atoms with Gasteiger partial charge in [0.05, 0.1) is 4.90 Å². The Balaban J connectivity index is 2.30. The van der Waals surface area contributed by atoms with E-state index in [0.29, 0.717) is 18.7 Å². The van der Waals surface area contributed by atoms with Gasteiger partial charge in [-0.3, -0.25) is 4.79 Å². The number of hydrogen-bond acceptors (Lipinski definition) is 4. The zero-order valence-electron chi connectivity index (χ0n) is 12.1. The maximum Gasteiger partial charge on any atom is 0.248 e. The van der Waals surface area contributed by atoms with Crippen molar-refractivity contribution >= 4 is 15.9 Å². The topological polar surface area (TPSA) is 92.5 Å². The highest BCUT2D eigenvalue weighted by Gasteiger charge is 2.32. The molecule has 2 rings (SSSR count). The number of nitrogens with two attached hydrogens (primary N) is 1. The second-order valence-corrected chi connectivity index (χ2v) is 7.04. The first-order valence-electron chi connectivity index (χ1n) is 7.09. The molecule has 0 aliphatic carbocycles. The predicted molar refractivity (Wildman–Crippen MR) is 80.4 cm³/mol. The zero-order chi connectivity index (χ0) is 15.5. The van der Waals surface area contributed by atoms with E-state index in [1.54, 1.807) is 4.31 Å². The number of carbonyl (C=O) groups excluding carboxylic acids is 1. The van der Waals surface area contributed by atoms with Gasteiger partial charge in [-0.2, -0.15) is 4.31 Å². The third-order valence-corrected chi connectivity index (χ3v) is 5.60. The Bertz CT molecular complexity index is 592. The maximum absolute atomic E-state index is 12.8. The van der Waals surface area contributed by atoms with Gasteiger partial charge >= 0.3 is 0 Å². The lowest BCUT2D eigenvalue weighted by Crippen LogP contribution is -2.42. The molecular weight excluding hydrogens is 290 g/mol. The molecule has 1 heterocycles. The van der Waals surface area contributed by atoms with Gasteiger partial charge in [-0.15, -0.1) is 0 Å². The summed E-state index contributed by atoms with van der Waals surface area (Å²) in [6.07, 6.45) is 1.58. The molecule has 1 aliphatic heterocycles. The largest absolute Gasteiger partial charge is 0.366 e. The van der Waals surface area contributed by atoms with Gasteiger partial charge in [0.1, 0.15) is 0 Å². The van der Waals surface area contributed by atoms with Gasteiger partial charge in [-0.25, -0.2) is 8.42 Å². The molecule has 7 heteroatoms. The number of sulfonamides is 1. The average Bonchev–Trinajstić information content (AvgIpc) is 2.98. The number of primary amides is 1. The van der Waals surface area contributed by atoms with Crippen molar-refractivity contribution in [1.29, 1.82) is 0 Å². The molecule has 21 heavy (non-hydrogen) atoms. The third-order valence-electron chi connectivity index (χ3n) is 3.63. The quantitative estimate of drug-likeness (QED) is 0.802. The third kappa shape index (κ3) is 3.42.